The molecule has 3 nitrogen and oxygen atoms in total. The van der Waals surface area contributed by atoms with Crippen LogP contribution in [0.2, 0.25) is 15.2 Å². The molecular formula is C22H22Cl3N3. The van der Waals surface area contributed by atoms with Crippen molar-refractivity contribution in [2.75, 3.05) is 13.1 Å². The van der Waals surface area contributed by atoms with E-state index in [0.29, 0.717) is 21.2 Å². The molecule has 0 aliphatic carbocycles. The average Bonchev–Trinajstić information content (AvgIpc) is 2.70. The van der Waals surface area contributed by atoms with Gasteiger partial charge in [-0.2, -0.15) is 0 Å². The van der Waals surface area contributed by atoms with Crippen molar-refractivity contribution >= 4 is 45.7 Å². The van der Waals surface area contributed by atoms with Crippen LogP contribution in [0.5, 0.6) is 0 Å². The Bertz CT molecular complexity index is 968. The van der Waals surface area contributed by atoms with Crippen LogP contribution in [0.25, 0.3) is 10.9 Å². The highest BCUT2D eigenvalue weighted by molar-refractivity contribution is 6.42. The molecule has 0 amide bonds. The van der Waals surface area contributed by atoms with Crippen molar-refractivity contribution in [3.63, 3.8) is 0 Å². The second-order valence-corrected chi connectivity index (χ2v) is 8.48. The number of halogens is 3. The number of nitrogens with zero attached hydrogens (tertiary/aromatic N) is 2. The Morgan fingerprint density at radius 3 is 2.54 bits per heavy atom. The second-order valence-electron chi connectivity index (χ2n) is 7.31. The van der Waals surface area contributed by atoms with E-state index in [2.05, 4.69) is 27.3 Å². The van der Waals surface area contributed by atoms with Gasteiger partial charge in [0.15, 0.2) is 0 Å². The summed E-state index contributed by atoms with van der Waals surface area (Å²) in [5.74, 6) is 0. The quantitative estimate of drug-likeness (QED) is 0.503. The Morgan fingerprint density at radius 1 is 0.964 bits per heavy atom. The minimum absolute atomic E-state index is 0.493. The Balaban J connectivity index is 1.30. The summed E-state index contributed by atoms with van der Waals surface area (Å²) in [5, 5.41) is 6.59. The lowest BCUT2D eigenvalue weighted by Gasteiger charge is -2.32. The predicted octanol–water partition coefficient (Wildman–Crippen LogP) is 5.95. The third kappa shape index (κ3) is 4.79. The first-order chi connectivity index (χ1) is 13.6. The van der Waals surface area contributed by atoms with E-state index in [1.54, 1.807) is 0 Å². The molecule has 0 saturated carbocycles. The number of hydrogen-bond donors (Lipinski definition) is 1. The van der Waals surface area contributed by atoms with E-state index in [9.17, 15) is 0 Å². The van der Waals surface area contributed by atoms with Gasteiger partial charge < -0.3 is 5.32 Å². The molecule has 0 radical (unpaired) electrons. The molecule has 2 heterocycles. The van der Waals surface area contributed by atoms with E-state index in [1.807, 2.05) is 36.4 Å². The van der Waals surface area contributed by atoms with E-state index in [1.165, 1.54) is 5.56 Å². The van der Waals surface area contributed by atoms with Gasteiger partial charge in [0.1, 0.15) is 5.15 Å². The molecule has 1 saturated heterocycles. The summed E-state index contributed by atoms with van der Waals surface area (Å²) in [4.78, 5) is 6.97. The molecule has 0 bridgehead atoms. The summed E-state index contributed by atoms with van der Waals surface area (Å²) in [6.07, 6.45) is 2.22. The fourth-order valence-corrected chi connectivity index (χ4v) is 4.24. The van der Waals surface area contributed by atoms with E-state index >= 15 is 0 Å². The Labute approximate surface area is 180 Å². The number of aromatic nitrogens is 1. The third-order valence-corrected chi connectivity index (χ3v) is 6.38. The van der Waals surface area contributed by atoms with E-state index in [-0.39, 0.29) is 0 Å². The molecule has 2 aromatic carbocycles. The lowest BCUT2D eigenvalue weighted by molar-refractivity contribution is 0.190. The van der Waals surface area contributed by atoms with E-state index in [4.69, 9.17) is 34.8 Å². The van der Waals surface area contributed by atoms with Gasteiger partial charge in [0, 0.05) is 30.1 Å². The van der Waals surface area contributed by atoms with Gasteiger partial charge in [0.05, 0.1) is 15.6 Å². The lowest BCUT2D eigenvalue weighted by Crippen LogP contribution is -2.41. The highest BCUT2D eigenvalue weighted by Crippen LogP contribution is 2.24. The minimum atomic E-state index is 0.493. The zero-order valence-corrected chi connectivity index (χ0v) is 17.7. The van der Waals surface area contributed by atoms with Gasteiger partial charge >= 0.3 is 0 Å². The molecule has 4 rings (SSSR count). The molecule has 1 fully saturated rings. The maximum Gasteiger partial charge on any atom is 0.134 e. The van der Waals surface area contributed by atoms with Gasteiger partial charge in [-0.1, -0.05) is 59.1 Å². The van der Waals surface area contributed by atoms with Crippen molar-refractivity contribution in [3.05, 3.63) is 74.9 Å². The number of para-hydroxylation sites is 1. The number of hydrogen-bond acceptors (Lipinski definition) is 3. The van der Waals surface area contributed by atoms with E-state index in [0.717, 1.165) is 55.5 Å². The van der Waals surface area contributed by atoms with Crippen LogP contribution in [0.1, 0.15) is 24.0 Å². The smallest absolute Gasteiger partial charge is 0.134 e. The van der Waals surface area contributed by atoms with Crippen LogP contribution in [-0.4, -0.2) is 29.0 Å². The Kier molecular flexibility index (Phi) is 6.39. The number of pyridine rings is 1. The molecule has 0 unspecified atom stereocenters. The first kappa shape index (κ1) is 19.9. The van der Waals surface area contributed by atoms with Crippen molar-refractivity contribution in [1.82, 2.24) is 15.2 Å². The number of piperidine rings is 1. The molecule has 28 heavy (non-hydrogen) atoms. The fourth-order valence-electron chi connectivity index (χ4n) is 3.71. The monoisotopic (exact) mass is 433 g/mol. The van der Waals surface area contributed by atoms with Crippen molar-refractivity contribution in [2.45, 2.75) is 32.0 Å². The topological polar surface area (TPSA) is 28.2 Å². The summed E-state index contributed by atoms with van der Waals surface area (Å²) in [7, 11) is 0. The van der Waals surface area contributed by atoms with Crippen LogP contribution < -0.4 is 5.32 Å². The van der Waals surface area contributed by atoms with Crippen LogP contribution in [0.4, 0.5) is 0 Å². The van der Waals surface area contributed by atoms with Gasteiger partial charge in [-0.05, 0) is 55.8 Å². The zero-order chi connectivity index (χ0) is 19.5. The summed E-state index contributed by atoms with van der Waals surface area (Å²) in [6, 6.07) is 16.6. The molecule has 1 aliphatic rings. The lowest BCUT2D eigenvalue weighted by atomic mass is 10.0. The molecular weight excluding hydrogens is 413 g/mol. The van der Waals surface area contributed by atoms with Crippen molar-refractivity contribution < 1.29 is 0 Å². The first-order valence-corrected chi connectivity index (χ1v) is 10.7. The van der Waals surface area contributed by atoms with Gasteiger partial charge in [-0.15, -0.1) is 0 Å². The maximum atomic E-state index is 6.38. The van der Waals surface area contributed by atoms with Crippen molar-refractivity contribution in [2.24, 2.45) is 0 Å². The van der Waals surface area contributed by atoms with Gasteiger partial charge in [-0.25, -0.2) is 4.98 Å². The second kappa shape index (κ2) is 8.98. The third-order valence-electron chi connectivity index (χ3n) is 5.31. The average molecular weight is 435 g/mol. The molecule has 1 aromatic heterocycles. The Hall–Kier alpha value is -1.36. The zero-order valence-electron chi connectivity index (χ0n) is 15.5. The largest absolute Gasteiger partial charge is 0.310 e. The summed E-state index contributed by atoms with van der Waals surface area (Å²) < 4.78 is 0. The van der Waals surface area contributed by atoms with Crippen molar-refractivity contribution in [3.8, 4) is 0 Å². The maximum absolute atomic E-state index is 6.38. The highest BCUT2D eigenvalue weighted by Gasteiger charge is 2.19. The number of nitrogens with one attached hydrogen (secondary N) is 1. The summed E-state index contributed by atoms with van der Waals surface area (Å²) in [5.41, 5.74) is 3.19. The summed E-state index contributed by atoms with van der Waals surface area (Å²) >= 11 is 18.5. The SMILES string of the molecule is Clc1ccc(CN2CCC(NCc3cc4ccccc4nc3Cl)CC2)cc1Cl. The van der Waals surface area contributed by atoms with E-state index < -0.39 is 0 Å². The normalized spacial score (nSPS) is 16.0. The number of fused-ring (bicyclic) bond motifs is 1. The van der Waals surface area contributed by atoms with Crippen LogP contribution in [0, 0.1) is 0 Å². The first-order valence-electron chi connectivity index (χ1n) is 9.52. The standard InChI is InChI=1S/C22H22Cl3N3/c23-19-6-5-15(11-20(19)24)14-28-9-7-18(8-10-28)26-13-17-12-16-3-1-2-4-21(16)27-22(17)25/h1-6,11-12,18,26H,7-10,13-14H2. The molecule has 6 heteroatoms. The van der Waals surface area contributed by atoms with Gasteiger partial charge in [0.25, 0.3) is 0 Å². The molecule has 3 aromatic rings. The van der Waals surface area contributed by atoms with Crippen LogP contribution in [-0.2, 0) is 13.1 Å². The fraction of sp³-hybridized carbons (Fsp3) is 0.318. The Morgan fingerprint density at radius 2 is 1.75 bits per heavy atom. The summed E-state index contributed by atoms with van der Waals surface area (Å²) in [6.45, 7) is 3.77. The molecule has 1 aliphatic heterocycles. The van der Waals surface area contributed by atoms with Gasteiger partial charge in [0.2, 0.25) is 0 Å². The van der Waals surface area contributed by atoms with Crippen LogP contribution in [0.3, 0.4) is 0 Å². The number of rotatable bonds is 5. The number of likely N-dealkylation sites (tertiary alicyclic amines) is 1. The van der Waals surface area contributed by atoms with Crippen molar-refractivity contribution in [1.29, 1.82) is 0 Å². The van der Waals surface area contributed by atoms with Gasteiger partial charge in [-0.3, -0.25) is 4.90 Å². The van der Waals surface area contributed by atoms with Crippen LogP contribution in [0.15, 0.2) is 48.5 Å². The molecule has 146 valence electrons. The predicted molar refractivity (Wildman–Crippen MR) is 118 cm³/mol. The highest BCUT2D eigenvalue weighted by atomic mass is 35.5. The molecule has 0 spiro atoms. The van der Waals surface area contributed by atoms with Crippen LogP contribution >= 0.6 is 34.8 Å². The molecule has 0 atom stereocenters. The minimum Gasteiger partial charge on any atom is -0.310 e. The molecule has 1 N–H and O–H groups in total. The number of benzene rings is 2.